The van der Waals surface area contributed by atoms with Gasteiger partial charge in [-0.2, -0.15) is 0 Å². The summed E-state index contributed by atoms with van der Waals surface area (Å²) in [5.41, 5.74) is 1.54. The highest BCUT2D eigenvalue weighted by Gasteiger charge is 2.31. The summed E-state index contributed by atoms with van der Waals surface area (Å²) >= 11 is 6.52. The third kappa shape index (κ3) is 5.61. The van der Waals surface area contributed by atoms with Crippen molar-refractivity contribution >= 4 is 29.2 Å². The molecule has 11 heteroatoms. The largest absolute Gasteiger partial charge is 0.495 e. The van der Waals surface area contributed by atoms with Crippen LogP contribution in [0.25, 0.3) is 11.1 Å². The minimum absolute atomic E-state index is 0.0146. The Bertz CT molecular complexity index is 1590. The average molecular weight is 580 g/mol. The summed E-state index contributed by atoms with van der Waals surface area (Å²) < 4.78 is 7.72. The molecule has 1 aromatic heterocycles. The quantitative estimate of drug-likeness (QED) is 0.475. The van der Waals surface area contributed by atoms with Gasteiger partial charge < -0.3 is 19.9 Å². The number of halogens is 1. The second kappa shape index (κ2) is 11.8. The first-order chi connectivity index (χ1) is 19.7. The maximum Gasteiger partial charge on any atom is 0.331 e. The van der Waals surface area contributed by atoms with Crippen LogP contribution >= 0.6 is 11.6 Å². The Hall–Kier alpha value is -4.05. The fourth-order valence-corrected chi connectivity index (χ4v) is 5.97. The molecular formula is C30H34ClN5O5. The van der Waals surface area contributed by atoms with Gasteiger partial charge in [0.15, 0.2) is 0 Å². The Labute approximate surface area is 243 Å². The third-order valence-electron chi connectivity index (χ3n) is 7.88. The average Bonchev–Trinajstić information content (AvgIpc) is 3.13. The van der Waals surface area contributed by atoms with Gasteiger partial charge in [-0.1, -0.05) is 41.9 Å². The van der Waals surface area contributed by atoms with Crippen molar-refractivity contribution in [2.45, 2.75) is 51.7 Å². The molecule has 0 aliphatic carbocycles. The number of methoxy groups -OCH3 is 1. The summed E-state index contributed by atoms with van der Waals surface area (Å²) in [6, 6.07) is 12.4. The fourth-order valence-electron chi connectivity index (χ4n) is 5.66. The zero-order valence-corrected chi connectivity index (χ0v) is 24.2. The van der Waals surface area contributed by atoms with E-state index >= 15 is 0 Å². The molecule has 0 bridgehead atoms. The molecular weight excluding hydrogens is 546 g/mol. The Morgan fingerprint density at radius 3 is 2.46 bits per heavy atom. The lowest BCUT2D eigenvalue weighted by Gasteiger charge is -2.38. The molecule has 0 atom stereocenters. The summed E-state index contributed by atoms with van der Waals surface area (Å²) in [6.07, 6.45) is 3.46. The minimum atomic E-state index is -0.559. The number of piperidine rings is 1. The molecule has 41 heavy (non-hydrogen) atoms. The first-order valence-electron chi connectivity index (χ1n) is 13.8. The molecule has 2 aromatic carbocycles. The second-order valence-electron chi connectivity index (χ2n) is 10.7. The van der Waals surface area contributed by atoms with E-state index in [0.29, 0.717) is 43.8 Å². The van der Waals surface area contributed by atoms with Crippen LogP contribution in [-0.4, -0.2) is 63.7 Å². The zero-order valence-electron chi connectivity index (χ0n) is 23.4. The highest BCUT2D eigenvalue weighted by Crippen LogP contribution is 2.33. The van der Waals surface area contributed by atoms with E-state index in [1.807, 2.05) is 29.2 Å². The number of anilines is 1. The van der Waals surface area contributed by atoms with Crippen LogP contribution in [0.15, 0.2) is 58.3 Å². The van der Waals surface area contributed by atoms with E-state index in [4.69, 9.17) is 16.3 Å². The lowest BCUT2D eigenvalue weighted by molar-refractivity contribution is -0.133. The van der Waals surface area contributed by atoms with E-state index in [1.54, 1.807) is 36.9 Å². The van der Waals surface area contributed by atoms with Crippen LogP contribution in [-0.2, 0) is 17.8 Å². The summed E-state index contributed by atoms with van der Waals surface area (Å²) in [4.78, 5) is 56.6. The van der Waals surface area contributed by atoms with Crippen LogP contribution in [0.3, 0.4) is 0 Å². The first-order valence-corrected chi connectivity index (χ1v) is 14.2. The number of carbonyl (C=O) groups is 2. The van der Waals surface area contributed by atoms with Crippen LogP contribution in [0.4, 0.5) is 10.5 Å². The van der Waals surface area contributed by atoms with Gasteiger partial charge >= 0.3 is 11.7 Å². The lowest BCUT2D eigenvalue weighted by Crippen LogP contribution is -2.51. The molecule has 5 rings (SSSR count). The number of benzene rings is 2. The molecule has 2 aliphatic heterocycles. The number of nitrogens with one attached hydrogen (secondary N) is 1. The topological polar surface area (TPSA) is 106 Å². The van der Waals surface area contributed by atoms with Crippen molar-refractivity contribution in [1.29, 1.82) is 0 Å². The predicted octanol–water partition coefficient (Wildman–Crippen LogP) is 4.00. The van der Waals surface area contributed by atoms with Crippen molar-refractivity contribution in [3.8, 4) is 16.9 Å². The van der Waals surface area contributed by atoms with Gasteiger partial charge in [0.1, 0.15) is 12.3 Å². The standard InChI is InChI=1S/C30H34ClN5O5/c1-19(2)36-28(38)23(22-8-6-10-25(41-3)27(22)31)17-34(30(36)40)18-26(37)33-14-12-21(13-15-33)35-16-11-20-7-4-5-9-24(20)32-29(35)39/h4-10,17,19,21H,11-16,18H2,1-3H3,(H,32,39). The van der Waals surface area contributed by atoms with E-state index in [1.165, 1.54) is 17.9 Å². The van der Waals surface area contributed by atoms with Crippen LogP contribution in [0.2, 0.25) is 5.02 Å². The molecule has 3 aromatic rings. The lowest BCUT2D eigenvalue weighted by atomic mass is 10.0. The van der Waals surface area contributed by atoms with Crippen molar-refractivity contribution in [2.24, 2.45) is 0 Å². The van der Waals surface area contributed by atoms with E-state index in [-0.39, 0.29) is 35.1 Å². The van der Waals surface area contributed by atoms with Gasteiger partial charge in [0.05, 0.1) is 17.7 Å². The SMILES string of the molecule is COc1cccc(-c2cn(CC(=O)N3CCC(N4CCc5ccccc5NC4=O)CC3)c(=O)n(C(C)C)c2=O)c1Cl. The molecule has 3 heterocycles. The number of urea groups is 1. The van der Waals surface area contributed by atoms with Crippen LogP contribution in [0.5, 0.6) is 5.75 Å². The Balaban J connectivity index is 1.33. The van der Waals surface area contributed by atoms with Gasteiger partial charge in [0.25, 0.3) is 5.56 Å². The maximum absolute atomic E-state index is 13.4. The van der Waals surface area contributed by atoms with Crippen molar-refractivity contribution in [2.75, 3.05) is 32.1 Å². The summed E-state index contributed by atoms with van der Waals surface area (Å²) in [6.45, 7) is 4.82. The highest BCUT2D eigenvalue weighted by atomic mass is 35.5. The zero-order chi connectivity index (χ0) is 29.3. The Kier molecular flexibility index (Phi) is 8.21. The molecule has 0 radical (unpaired) electrons. The van der Waals surface area contributed by atoms with Gasteiger partial charge in [-0.05, 0) is 50.8 Å². The smallest absolute Gasteiger partial charge is 0.331 e. The molecule has 0 saturated carbocycles. The molecule has 1 N–H and O–H groups in total. The van der Waals surface area contributed by atoms with E-state index in [2.05, 4.69) is 5.32 Å². The molecule has 0 unspecified atom stereocenters. The second-order valence-corrected chi connectivity index (χ2v) is 11.1. The van der Waals surface area contributed by atoms with Crippen molar-refractivity contribution in [1.82, 2.24) is 18.9 Å². The number of nitrogens with zero attached hydrogens (tertiary/aromatic N) is 4. The number of amides is 3. The number of carbonyl (C=O) groups excluding carboxylic acids is 2. The number of aromatic nitrogens is 2. The van der Waals surface area contributed by atoms with E-state index in [9.17, 15) is 19.2 Å². The Morgan fingerprint density at radius 1 is 1.02 bits per heavy atom. The first kappa shape index (κ1) is 28.5. The van der Waals surface area contributed by atoms with Gasteiger partial charge in [-0.3, -0.25) is 18.7 Å². The molecule has 1 fully saturated rings. The van der Waals surface area contributed by atoms with E-state index < -0.39 is 17.3 Å². The molecule has 216 valence electrons. The van der Waals surface area contributed by atoms with Gasteiger partial charge in [-0.25, -0.2) is 9.59 Å². The Morgan fingerprint density at radius 2 is 1.76 bits per heavy atom. The van der Waals surface area contributed by atoms with Gasteiger partial charge in [0.2, 0.25) is 5.91 Å². The van der Waals surface area contributed by atoms with E-state index in [0.717, 1.165) is 22.2 Å². The van der Waals surface area contributed by atoms with Crippen LogP contribution in [0, 0.1) is 0 Å². The number of hydrogen-bond acceptors (Lipinski definition) is 5. The summed E-state index contributed by atoms with van der Waals surface area (Å²) in [7, 11) is 1.48. The number of ether oxygens (including phenoxy) is 1. The van der Waals surface area contributed by atoms with Crippen LogP contribution in [0.1, 0.15) is 38.3 Å². The molecule has 10 nitrogen and oxygen atoms in total. The molecule has 0 spiro atoms. The van der Waals surface area contributed by atoms with Crippen molar-refractivity contribution in [3.63, 3.8) is 0 Å². The highest BCUT2D eigenvalue weighted by molar-refractivity contribution is 6.34. The number of likely N-dealkylation sites (tertiary alicyclic amines) is 1. The number of hydrogen-bond donors (Lipinski definition) is 1. The van der Waals surface area contributed by atoms with Gasteiger partial charge in [-0.15, -0.1) is 0 Å². The van der Waals surface area contributed by atoms with Crippen molar-refractivity contribution in [3.05, 3.63) is 80.1 Å². The normalized spacial score (nSPS) is 15.9. The van der Waals surface area contributed by atoms with Crippen molar-refractivity contribution < 1.29 is 14.3 Å². The number of rotatable bonds is 6. The molecule has 3 amide bonds. The van der Waals surface area contributed by atoms with Crippen LogP contribution < -0.4 is 21.3 Å². The molecule has 1 saturated heterocycles. The number of para-hydroxylation sites is 1. The predicted molar refractivity (Wildman–Crippen MR) is 158 cm³/mol. The maximum atomic E-state index is 13.4. The fraction of sp³-hybridized carbons (Fsp3) is 0.400. The third-order valence-corrected chi connectivity index (χ3v) is 8.27. The monoisotopic (exact) mass is 579 g/mol. The summed E-state index contributed by atoms with van der Waals surface area (Å²) in [5.74, 6) is 0.174. The number of fused-ring (bicyclic) bond motifs is 1. The molecule has 2 aliphatic rings. The van der Waals surface area contributed by atoms with Gasteiger partial charge in [0, 0.05) is 49.2 Å². The summed E-state index contributed by atoms with van der Waals surface area (Å²) in [5, 5.41) is 3.27. The minimum Gasteiger partial charge on any atom is -0.495 e.